The Labute approximate surface area is 201 Å². The number of ether oxygens (including phenoxy) is 4. The van der Waals surface area contributed by atoms with E-state index in [1.165, 1.54) is 13.2 Å². The molecule has 0 spiro atoms. The third kappa shape index (κ3) is 4.42. The number of H-pyrrole nitrogens is 1. The average molecular weight is 483 g/mol. The molecule has 0 radical (unpaired) electrons. The van der Waals surface area contributed by atoms with Gasteiger partial charge in [-0.1, -0.05) is 6.07 Å². The maximum atomic E-state index is 14.5. The van der Waals surface area contributed by atoms with Crippen LogP contribution in [0, 0.1) is 5.82 Å². The van der Waals surface area contributed by atoms with Crippen LogP contribution in [0.1, 0.15) is 28.4 Å². The predicted molar refractivity (Wildman–Crippen MR) is 127 cm³/mol. The van der Waals surface area contributed by atoms with Gasteiger partial charge in [-0.05, 0) is 18.2 Å². The molecule has 1 aromatic carbocycles. The second kappa shape index (κ2) is 9.93. The van der Waals surface area contributed by atoms with Gasteiger partial charge in [-0.15, -0.1) is 0 Å². The van der Waals surface area contributed by atoms with Crippen LogP contribution in [0.5, 0.6) is 11.5 Å². The topological polar surface area (TPSA) is 107 Å². The number of methoxy groups -OCH3 is 2. The van der Waals surface area contributed by atoms with Gasteiger partial charge in [0.1, 0.15) is 12.4 Å². The summed E-state index contributed by atoms with van der Waals surface area (Å²) in [6.07, 6.45) is 4.27. The molecule has 5 rings (SSSR count). The van der Waals surface area contributed by atoms with E-state index < -0.39 is 5.82 Å². The molecule has 0 unspecified atom stereocenters. The zero-order valence-corrected chi connectivity index (χ0v) is 19.5. The Kier molecular flexibility index (Phi) is 6.56. The first-order chi connectivity index (χ1) is 17.1. The zero-order valence-electron chi connectivity index (χ0n) is 19.5. The summed E-state index contributed by atoms with van der Waals surface area (Å²) in [4.78, 5) is 20.7. The van der Waals surface area contributed by atoms with Gasteiger partial charge in [0.25, 0.3) is 5.91 Å². The van der Waals surface area contributed by atoms with E-state index in [4.69, 9.17) is 18.9 Å². The van der Waals surface area contributed by atoms with E-state index in [1.54, 1.807) is 31.6 Å². The van der Waals surface area contributed by atoms with Crippen LogP contribution in [-0.2, 0) is 9.47 Å². The zero-order chi connectivity index (χ0) is 24.4. The first kappa shape index (κ1) is 23.1. The Bertz CT molecular complexity index is 1230. The number of fused-ring (bicyclic) bond motifs is 1. The highest BCUT2D eigenvalue weighted by molar-refractivity contribution is 6.07. The average Bonchev–Trinajstić information content (AvgIpc) is 3.20. The quantitative estimate of drug-likeness (QED) is 0.428. The minimum Gasteiger partial charge on any atom is -0.492 e. The lowest BCUT2D eigenvalue weighted by molar-refractivity contribution is -0.0720. The molecular formula is C25H27FN4O5. The minimum absolute atomic E-state index is 0.0471. The van der Waals surface area contributed by atoms with E-state index in [2.05, 4.69) is 20.6 Å². The summed E-state index contributed by atoms with van der Waals surface area (Å²) >= 11 is 0. The molecule has 1 amide bonds. The van der Waals surface area contributed by atoms with E-state index in [-0.39, 0.29) is 23.7 Å². The van der Waals surface area contributed by atoms with Crippen LogP contribution in [0.2, 0.25) is 0 Å². The van der Waals surface area contributed by atoms with Gasteiger partial charge in [0, 0.05) is 50.1 Å². The number of anilines is 2. The van der Waals surface area contributed by atoms with Crippen molar-refractivity contribution in [3.63, 3.8) is 0 Å². The summed E-state index contributed by atoms with van der Waals surface area (Å²) in [5.74, 6) is -0.261. The Balaban J connectivity index is 1.63. The number of carbonyl (C=O) groups is 1. The van der Waals surface area contributed by atoms with Crippen LogP contribution in [0.3, 0.4) is 0 Å². The molecule has 0 aliphatic carbocycles. The second-order valence-electron chi connectivity index (χ2n) is 8.44. The molecule has 2 aliphatic heterocycles. The summed E-state index contributed by atoms with van der Waals surface area (Å²) in [6, 6.07) is 6.39. The molecule has 0 saturated carbocycles. The molecule has 2 aliphatic rings. The molecule has 1 fully saturated rings. The standard InChI is InChI=1S/C25H27FN4O5/c1-32-12-14-10-28-25(31)20-21(14)30-22(23(20)29-18-5-3-4-17(26)24(18)33-2)16-6-8-27-11-19(16)35-13-15-7-9-34-15/h3-6,8,11,14-15,29-30H,7,9-10,12-13H2,1-2H3,(H,28,31)/t14-,15+/m1/s1. The van der Waals surface area contributed by atoms with E-state index in [0.29, 0.717) is 53.7 Å². The number of nitrogens with one attached hydrogen (secondary N) is 3. The van der Waals surface area contributed by atoms with Gasteiger partial charge in [-0.3, -0.25) is 9.78 Å². The summed E-state index contributed by atoms with van der Waals surface area (Å²) in [5, 5.41) is 6.18. The molecule has 0 bridgehead atoms. The monoisotopic (exact) mass is 482 g/mol. The van der Waals surface area contributed by atoms with Crippen molar-refractivity contribution in [2.45, 2.75) is 18.4 Å². The van der Waals surface area contributed by atoms with Crippen LogP contribution in [-0.4, -0.2) is 62.6 Å². The van der Waals surface area contributed by atoms with E-state index in [9.17, 15) is 9.18 Å². The molecule has 3 aromatic rings. The maximum Gasteiger partial charge on any atom is 0.255 e. The third-order valence-corrected chi connectivity index (χ3v) is 6.24. The first-order valence-corrected chi connectivity index (χ1v) is 11.4. The van der Waals surface area contributed by atoms with E-state index in [1.807, 2.05) is 6.07 Å². The Morgan fingerprint density at radius 2 is 2.11 bits per heavy atom. The number of nitrogens with zero attached hydrogens (tertiary/aromatic N) is 1. The Morgan fingerprint density at radius 3 is 2.86 bits per heavy atom. The van der Waals surface area contributed by atoms with Gasteiger partial charge in [0.05, 0.1) is 48.6 Å². The number of para-hydroxylation sites is 1. The normalized spacial score (nSPS) is 18.9. The third-order valence-electron chi connectivity index (χ3n) is 6.24. The second-order valence-corrected chi connectivity index (χ2v) is 8.44. The van der Waals surface area contributed by atoms with Crippen LogP contribution in [0.4, 0.5) is 15.8 Å². The van der Waals surface area contributed by atoms with Crippen molar-refractivity contribution in [3.8, 4) is 22.8 Å². The van der Waals surface area contributed by atoms with Gasteiger partial charge in [0.2, 0.25) is 0 Å². The Hall–Kier alpha value is -3.63. The highest BCUT2D eigenvalue weighted by Crippen LogP contribution is 2.43. The fourth-order valence-corrected chi connectivity index (χ4v) is 4.39. The maximum absolute atomic E-state index is 14.5. The summed E-state index contributed by atoms with van der Waals surface area (Å²) in [7, 11) is 3.02. The lowest BCUT2D eigenvalue weighted by atomic mass is 9.97. The Morgan fingerprint density at radius 1 is 1.26 bits per heavy atom. The van der Waals surface area contributed by atoms with Crippen LogP contribution in [0.15, 0.2) is 36.7 Å². The minimum atomic E-state index is -0.515. The number of pyridine rings is 1. The van der Waals surface area contributed by atoms with Crippen molar-refractivity contribution in [2.75, 3.05) is 45.9 Å². The lowest BCUT2D eigenvalue weighted by Gasteiger charge is -2.26. The van der Waals surface area contributed by atoms with Gasteiger partial charge in [-0.2, -0.15) is 0 Å². The van der Waals surface area contributed by atoms with Crippen LogP contribution >= 0.6 is 0 Å². The SMILES string of the molecule is COC[C@H]1CNC(=O)c2c1[nH]c(-c1ccncc1OC[C@@H]1CCO1)c2Nc1cccc(F)c1OC. The van der Waals surface area contributed by atoms with Gasteiger partial charge in [0.15, 0.2) is 11.6 Å². The number of aromatic amines is 1. The summed E-state index contributed by atoms with van der Waals surface area (Å²) in [5.41, 5.74) is 3.36. The summed E-state index contributed by atoms with van der Waals surface area (Å²) < 4.78 is 36.7. The largest absolute Gasteiger partial charge is 0.492 e. The highest BCUT2D eigenvalue weighted by atomic mass is 19.1. The number of aromatic nitrogens is 2. The number of benzene rings is 1. The molecule has 1 saturated heterocycles. The smallest absolute Gasteiger partial charge is 0.255 e. The van der Waals surface area contributed by atoms with Crippen molar-refractivity contribution in [3.05, 3.63) is 53.7 Å². The molecule has 3 N–H and O–H groups in total. The van der Waals surface area contributed by atoms with E-state index >= 15 is 0 Å². The number of hydrogen-bond donors (Lipinski definition) is 3. The fraction of sp³-hybridized carbons (Fsp3) is 0.360. The molecule has 184 valence electrons. The molecule has 2 aromatic heterocycles. The van der Waals surface area contributed by atoms with Crippen molar-refractivity contribution < 1.29 is 28.1 Å². The molecule has 10 heteroatoms. The van der Waals surface area contributed by atoms with Crippen molar-refractivity contribution >= 4 is 17.3 Å². The van der Waals surface area contributed by atoms with Gasteiger partial charge in [-0.25, -0.2) is 4.39 Å². The molecular weight excluding hydrogens is 455 g/mol. The van der Waals surface area contributed by atoms with Gasteiger partial charge < -0.3 is 34.6 Å². The van der Waals surface area contributed by atoms with Gasteiger partial charge >= 0.3 is 0 Å². The number of amides is 1. The number of rotatable bonds is 9. The molecule has 4 heterocycles. The number of hydrogen-bond acceptors (Lipinski definition) is 7. The number of halogens is 1. The van der Waals surface area contributed by atoms with Crippen LogP contribution < -0.4 is 20.1 Å². The van der Waals surface area contributed by atoms with Crippen molar-refractivity contribution in [1.29, 1.82) is 0 Å². The predicted octanol–water partition coefficient (Wildman–Crippen LogP) is 3.61. The summed E-state index contributed by atoms with van der Waals surface area (Å²) in [6.45, 7) is 1.97. The van der Waals surface area contributed by atoms with Crippen molar-refractivity contribution in [2.24, 2.45) is 0 Å². The van der Waals surface area contributed by atoms with Crippen molar-refractivity contribution in [1.82, 2.24) is 15.3 Å². The highest BCUT2D eigenvalue weighted by Gasteiger charge is 2.34. The lowest BCUT2D eigenvalue weighted by Crippen LogP contribution is -2.36. The van der Waals surface area contributed by atoms with Crippen LogP contribution in [0.25, 0.3) is 11.3 Å². The fourth-order valence-electron chi connectivity index (χ4n) is 4.39. The number of carbonyl (C=O) groups excluding carboxylic acids is 1. The molecule has 9 nitrogen and oxygen atoms in total. The molecule has 2 atom stereocenters. The first-order valence-electron chi connectivity index (χ1n) is 11.4. The molecule has 35 heavy (non-hydrogen) atoms. The van der Waals surface area contributed by atoms with E-state index in [0.717, 1.165) is 18.7 Å².